The van der Waals surface area contributed by atoms with Gasteiger partial charge in [0.05, 0.1) is 0 Å². The minimum Gasteiger partial charge on any atom is -0.768 e. The van der Waals surface area contributed by atoms with Gasteiger partial charge >= 0.3 is 29.6 Å². The van der Waals surface area contributed by atoms with E-state index in [9.17, 15) is 8.76 Å². The van der Waals surface area contributed by atoms with Crippen molar-refractivity contribution in [2.75, 3.05) is 0 Å². The standard InChI is InChI=1S/C12H10O2S2.Na/c13-16(14)12-8-4-7-11(9-12)15-10-5-2-1-3-6-10;/h1-9H,(H,13,14);/q;+1/p-1. The van der Waals surface area contributed by atoms with Crippen LogP contribution in [0.3, 0.4) is 0 Å². The molecule has 0 aliphatic rings. The van der Waals surface area contributed by atoms with Gasteiger partial charge in [0.1, 0.15) is 0 Å². The molecule has 0 fully saturated rings. The van der Waals surface area contributed by atoms with Crippen molar-refractivity contribution < 1.29 is 38.3 Å². The van der Waals surface area contributed by atoms with Crippen LogP contribution in [0.5, 0.6) is 0 Å². The summed E-state index contributed by atoms with van der Waals surface area (Å²) in [6.45, 7) is 0. The predicted molar refractivity (Wildman–Crippen MR) is 64.2 cm³/mol. The van der Waals surface area contributed by atoms with E-state index in [0.29, 0.717) is 4.90 Å². The van der Waals surface area contributed by atoms with Gasteiger partial charge < -0.3 is 4.55 Å². The maximum atomic E-state index is 10.8. The Labute approximate surface area is 129 Å². The Bertz CT molecular complexity index is 503. The Morgan fingerprint density at radius 3 is 2.24 bits per heavy atom. The molecule has 0 aromatic heterocycles. The van der Waals surface area contributed by atoms with Crippen LogP contribution in [0.2, 0.25) is 0 Å². The molecule has 0 heterocycles. The molecule has 0 saturated heterocycles. The van der Waals surface area contributed by atoms with Crippen LogP contribution in [0.25, 0.3) is 0 Å². The Balaban J connectivity index is 0.00000144. The molecule has 0 N–H and O–H groups in total. The summed E-state index contributed by atoms with van der Waals surface area (Å²) in [6.07, 6.45) is 0. The van der Waals surface area contributed by atoms with Crippen LogP contribution >= 0.6 is 11.8 Å². The summed E-state index contributed by atoms with van der Waals surface area (Å²) in [5.41, 5.74) is 0. The van der Waals surface area contributed by atoms with Crippen molar-refractivity contribution in [2.24, 2.45) is 0 Å². The van der Waals surface area contributed by atoms with E-state index in [4.69, 9.17) is 0 Å². The van der Waals surface area contributed by atoms with Crippen LogP contribution < -0.4 is 29.6 Å². The molecule has 17 heavy (non-hydrogen) atoms. The summed E-state index contributed by atoms with van der Waals surface area (Å²) >= 11 is -0.615. The molecule has 2 nitrogen and oxygen atoms in total. The Hall–Kier alpha value is -0.100. The minimum absolute atomic E-state index is 0. The smallest absolute Gasteiger partial charge is 0.768 e. The number of hydrogen-bond acceptors (Lipinski definition) is 3. The zero-order valence-electron chi connectivity index (χ0n) is 9.33. The normalized spacial score (nSPS) is 11.6. The third-order valence-corrected chi connectivity index (χ3v) is 3.61. The van der Waals surface area contributed by atoms with Crippen molar-refractivity contribution in [1.82, 2.24) is 0 Å². The Morgan fingerprint density at radius 1 is 0.941 bits per heavy atom. The molecular formula is C12H9NaO2S2. The summed E-state index contributed by atoms with van der Waals surface area (Å²) < 4.78 is 21.6. The molecule has 1 unspecified atom stereocenters. The topological polar surface area (TPSA) is 40.1 Å². The summed E-state index contributed by atoms with van der Waals surface area (Å²) in [5.74, 6) is 0. The number of benzene rings is 2. The molecule has 2 aromatic rings. The van der Waals surface area contributed by atoms with E-state index in [1.54, 1.807) is 30.0 Å². The maximum absolute atomic E-state index is 10.8. The molecule has 82 valence electrons. The Kier molecular flexibility index (Phi) is 6.48. The van der Waals surface area contributed by atoms with E-state index in [-0.39, 0.29) is 29.6 Å². The molecule has 0 amide bonds. The second kappa shape index (κ2) is 7.36. The quantitative estimate of drug-likeness (QED) is 0.587. The predicted octanol–water partition coefficient (Wildman–Crippen LogP) is 0.0798. The average molecular weight is 272 g/mol. The molecule has 5 heteroatoms. The molecule has 0 bridgehead atoms. The van der Waals surface area contributed by atoms with Gasteiger partial charge in [0.25, 0.3) is 0 Å². The molecule has 1 atom stereocenters. The van der Waals surface area contributed by atoms with Crippen LogP contribution in [-0.2, 0) is 11.1 Å². The van der Waals surface area contributed by atoms with Gasteiger partial charge in [-0.3, -0.25) is 4.21 Å². The van der Waals surface area contributed by atoms with Crippen molar-refractivity contribution in [3.05, 3.63) is 54.6 Å². The fourth-order valence-corrected chi connectivity index (χ4v) is 2.65. The third-order valence-electron chi connectivity index (χ3n) is 1.98. The molecule has 0 saturated carbocycles. The molecule has 0 aliphatic carbocycles. The average Bonchev–Trinajstić information content (AvgIpc) is 2.30. The van der Waals surface area contributed by atoms with E-state index in [1.165, 1.54) is 0 Å². The molecule has 0 spiro atoms. The molecule has 2 rings (SSSR count). The maximum Gasteiger partial charge on any atom is 1.00 e. The van der Waals surface area contributed by atoms with Gasteiger partial charge in [-0.05, 0) is 41.4 Å². The first-order chi connectivity index (χ1) is 7.75. The largest absolute Gasteiger partial charge is 1.00 e. The monoisotopic (exact) mass is 272 g/mol. The second-order valence-electron chi connectivity index (χ2n) is 3.12. The van der Waals surface area contributed by atoms with Gasteiger partial charge in [-0.2, -0.15) is 0 Å². The van der Waals surface area contributed by atoms with Crippen LogP contribution in [0.15, 0.2) is 69.3 Å². The van der Waals surface area contributed by atoms with Crippen molar-refractivity contribution >= 4 is 22.8 Å². The summed E-state index contributed by atoms with van der Waals surface area (Å²) in [7, 11) is 0. The first kappa shape index (κ1) is 15.0. The van der Waals surface area contributed by atoms with E-state index >= 15 is 0 Å². The van der Waals surface area contributed by atoms with E-state index in [0.717, 1.165) is 9.79 Å². The summed E-state index contributed by atoms with van der Waals surface area (Å²) in [4.78, 5) is 2.34. The van der Waals surface area contributed by atoms with Gasteiger partial charge in [-0.25, -0.2) is 0 Å². The van der Waals surface area contributed by atoms with E-state index in [1.807, 2.05) is 36.4 Å². The zero-order valence-corrected chi connectivity index (χ0v) is 13.0. The zero-order chi connectivity index (χ0) is 11.4. The van der Waals surface area contributed by atoms with Crippen molar-refractivity contribution in [2.45, 2.75) is 14.7 Å². The molecule has 0 radical (unpaired) electrons. The van der Waals surface area contributed by atoms with Crippen LogP contribution in [0.1, 0.15) is 0 Å². The third kappa shape index (κ3) is 4.58. The fourth-order valence-electron chi connectivity index (χ4n) is 1.27. The van der Waals surface area contributed by atoms with Crippen molar-refractivity contribution in [3.8, 4) is 0 Å². The van der Waals surface area contributed by atoms with Crippen molar-refractivity contribution in [3.63, 3.8) is 0 Å². The second-order valence-corrected chi connectivity index (χ2v) is 5.21. The van der Waals surface area contributed by atoms with E-state index < -0.39 is 11.1 Å². The van der Waals surface area contributed by atoms with Crippen molar-refractivity contribution in [1.29, 1.82) is 0 Å². The minimum atomic E-state index is -2.16. The number of hydrogen-bond donors (Lipinski definition) is 0. The van der Waals surface area contributed by atoms with Gasteiger partial charge in [0.15, 0.2) is 0 Å². The van der Waals surface area contributed by atoms with E-state index in [2.05, 4.69) is 0 Å². The summed E-state index contributed by atoms with van der Waals surface area (Å²) in [6, 6.07) is 16.7. The number of rotatable bonds is 3. The summed E-state index contributed by atoms with van der Waals surface area (Å²) in [5, 5.41) is 0. The molecular weight excluding hydrogens is 263 g/mol. The van der Waals surface area contributed by atoms with Crippen LogP contribution in [0.4, 0.5) is 0 Å². The van der Waals surface area contributed by atoms with Crippen LogP contribution in [-0.4, -0.2) is 8.76 Å². The van der Waals surface area contributed by atoms with Crippen LogP contribution in [0, 0.1) is 0 Å². The van der Waals surface area contributed by atoms with Gasteiger partial charge in [0, 0.05) is 14.7 Å². The molecule has 2 aromatic carbocycles. The van der Waals surface area contributed by atoms with Gasteiger partial charge in [-0.1, -0.05) is 36.0 Å². The Morgan fingerprint density at radius 2 is 1.59 bits per heavy atom. The molecule has 0 aliphatic heterocycles. The first-order valence-electron chi connectivity index (χ1n) is 4.68. The SMILES string of the molecule is O=S([O-])c1cccc(Sc2ccccc2)c1.[Na+]. The van der Waals surface area contributed by atoms with Gasteiger partial charge in [-0.15, -0.1) is 0 Å². The first-order valence-corrected chi connectivity index (χ1v) is 6.57. The van der Waals surface area contributed by atoms with Gasteiger partial charge in [0.2, 0.25) is 0 Å². The fraction of sp³-hybridized carbons (Fsp3) is 0.